The Morgan fingerprint density at radius 1 is 0.356 bits per heavy atom. The first-order chi connectivity index (χ1) is 29.2. The summed E-state index contributed by atoms with van der Waals surface area (Å²) in [7, 11) is 0. The lowest BCUT2D eigenvalue weighted by atomic mass is 10.0. The van der Waals surface area contributed by atoms with Crippen LogP contribution in [0.1, 0.15) is 0 Å². The van der Waals surface area contributed by atoms with E-state index in [1.807, 2.05) is 60.7 Å². The van der Waals surface area contributed by atoms with Crippen LogP contribution in [-0.4, -0.2) is 19.5 Å². The molecule has 0 fully saturated rings. The van der Waals surface area contributed by atoms with Crippen molar-refractivity contribution in [3.05, 3.63) is 182 Å². The van der Waals surface area contributed by atoms with Gasteiger partial charge in [0.25, 0.3) is 0 Å². The number of aromatic nitrogens is 4. The number of furan rings is 2. The van der Waals surface area contributed by atoms with Crippen LogP contribution < -0.4 is 0 Å². The van der Waals surface area contributed by atoms with Gasteiger partial charge in [0.1, 0.15) is 16.7 Å². The largest absolute Gasteiger partial charge is 0.455 e. The summed E-state index contributed by atoms with van der Waals surface area (Å²) in [6.45, 7) is 0. The topological polar surface area (TPSA) is 69.9 Å². The lowest BCUT2D eigenvalue weighted by molar-refractivity contribution is 0.666. The normalized spacial score (nSPS) is 12.1. The average Bonchev–Trinajstić information content (AvgIpc) is 3.98. The molecule has 0 N–H and O–H groups in total. The molecule has 0 aliphatic carbocycles. The maximum Gasteiger partial charge on any atom is 0.167 e. The van der Waals surface area contributed by atoms with Crippen LogP contribution in [0.5, 0.6) is 0 Å². The minimum absolute atomic E-state index is 0.556. The van der Waals surface area contributed by atoms with E-state index in [1.165, 1.54) is 21.5 Å². The quantitative estimate of drug-likeness (QED) is 0.179. The van der Waals surface area contributed by atoms with Crippen LogP contribution >= 0.6 is 0 Å². The third-order valence-electron chi connectivity index (χ3n) is 11.8. The Balaban J connectivity index is 0.998. The molecule has 6 heteroatoms. The molecule has 4 aromatic heterocycles. The van der Waals surface area contributed by atoms with E-state index >= 15 is 0 Å². The fourth-order valence-corrected chi connectivity index (χ4v) is 9.11. The molecule has 0 spiro atoms. The molecule has 4 heterocycles. The summed E-state index contributed by atoms with van der Waals surface area (Å²) in [6, 6.07) is 63.3. The molecule has 0 amide bonds. The van der Waals surface area contributed by atoms with Gasteiger partial charge in [-0.05, 0) is 70.1 Å². The summed E-state index contributed by atoms with van der Waals surface area (Å²) < 4.78 is 15.6. The number of hydrogen-bond donors (Lipinski definition) is 0. The Hall–Kier alpha value is -8.09. The number of fused-ring (bicyclic) bond motifs is 12. The molecule has 0 unspecified atom stereocenters. The second-order valence-electron chi connectivity index (χ2n) is 15.2. The fourth-order valence-electron chi connectivity index (χ4n) is 9.11. The molecule has 0 saturated heterocycles. The smallest absolute Gasteiger partial charge is 0.167 e. The Labute approximate surface area is 336 Å². The zero-order valence-corrected chi connectivity index (χ0v) is 31.4. The monoisotopic (exact) mass is 754 g/mol. The summed E-state index contributed by atoms with van der Waals surface area (Å²) in [6.07, 6.45) is 0. The van der Waals surface area contributed by atoms with E-state index in [2.05, 4.69) is 126 Å². The van der Waals surface area contributed by atoms with E-state index in [-0.39, 0.29) is 0 Å². The van der Waals surface area contributed by atoms with Crippen LogP contribution in [0.2, 0.25) is 0 Å². The van der Waals surface area contributed by atoms with Gasteiger partial charge in [-0.15, -0.1) is 0 Å². The summed E-state index contributed by atoms with van der Waals surface area (Å²) in [5, 5.41) is 11.3. The minimum atomic E-state index is 0.556. The van der Waals surface area contributed by atoms with Crippen molar-refractivity contribution in [2.45, 2.75) is 0 Å². The fraction of sp³-hybridized carbons (Fsp3) is 0. The molecule has 0 aliphatic heterocycles. The van der Waals surface area contributed by atoms with E-state index in [9.17, 15) is 0 Å². The molecular weight excluding hydrogens is 725 g/mol. The Bertz CT molecular complexity index is 3860. The molecule has 13 rings (SSSR count). The first kappa shape index (κ1) is 32.0. The molecule has 13 aromatic rings. The number of rotatable bonds is 4. The first-order valence-electron chi connectivity index (χ1n) is 19.8. The van der Waals surface area contributed by atoms with Crippen molar-refractivity contribution >= 4 is 87.2 Å². The van der Waals surface area contributed by atoms with Gasteiger partial charge < -0.3 is 13.4 Å². The minimum Gasteiger partial charge on any atom is -0.455 e. The van der Waals surface area contributed by atoms with E-state index < -0.39 is 0 Å². The van der Waals surface area contributed by atoms with Crippen LogP contribution in [0.4, 0.5) is 0 Å². The van der Waals surface area contributed by atoms with E-state index in [1.54, 1.807) is 0 Å². The highest BCUT2D eigenvalue weighted by atomic mass is 16.3. The van der Waals surface area contributed by atoms with Crippen molar-refractivity contribution in [2.24, 2.45) is 0 Å². The van der Waals surface area contributed by atoms with Crippen molar-refractivity contribution in [1.29, 1.82) is 0 Å². The van der Waals surface area contributed by atoms with Crippen LogP contribution in [0.3, 0.4) is 0 Å². The van der Waals surface area contributed by atoms with Gasteiger partial charge in [0.05, 0.1) is 22.3 Å². The standard InChI is InChI=1S/C53H30N4O2/c1-2-12-31(13-3-1)51-54-52(56-53(55-51)41-20-10-18-39-38-17-7-9-23-46(38)58-49(39)41)35-24-26-36-34(28-35)25-27-47-48(36)40-19-11-22-44(50(40)59-47)57-43-21-8-6-16-37(43)42-29-32-14-4-5-15-33(32)30-45(42)57/h1-30H. The Morgan fingerprint density at radius 2 is 1.05 bits per heavy atom. The highest BCUT2D eigenvalue weighted by Gasteiger charge is 2.21. The van der Waals surface area contributed by atoms with E-state index in [0.717, 1.165) is 88.1 Å². The molecular formula is C53H30N4O2. The lowest BCUT2D eigenvalue weighted by Crippen LogP contribution is -2.00. The SMILES string of the molecule is c1ccc(-c2nc(-c3ccc4c(ccc5oc6c(-n7c8ccccc8c8cc9ccccc9cc87)cccc6c54)c3)nc(-c3cccc4c3oc3ccccc34)n2)cc1. The molecule has 0 bridgehead atoms. The van der Waals surface area contributed by atoms with Crippen molar-refractivity contribution in [1.82, 2.24) is 19.5 Å². The van der Waals surface area contributed by atoms with Gasteiger partial charge in [0.2, 0.25) is 0 Å². The summed E-state index contributed by atoms with van der Waals surface area (Å²) >= 11 is 0. The van der Waals surface area contributed by atoms with Gasteiger partial charge in [0.15, 0.2) is 23.1 Å². The van der Waals surface area contributed by atoms with Gasteiger partial charge in [-0.3, -0.25) is 0 Å². The number of benzene rings is 9. The highest BCUT2D eigenvalue weighted by Crippen LogP contribution is 2.42. The van der Waals surface area contributed by atoms with Crippen molar-refractivity contribution in [3.8, 4) is 39.9 Å². The van der Waals surface area contributed by atoms with Crippen molar-refractivity contribution < 1.29 is 8.83 Å². The molecule has 0 saturated carbocycles. The van der Waals surface area contributed by atoms with Crippen molar-refractivity contribution in [3.63, 3.8) is 0 Å². The second kappa shape index (κ2) is 12.2. The lowest BCUT2D eigenvalue weighted by Gasteiger charge is -2.10. The highest BCUT2D eigenvalue weighted by molar-refractivity contribution is 6.21. The van der Waals surface area contributed by atoms with Crippen molar-refractivity contribution in [2.75, 3.05) is 0 Å². The third-order valence-corrected chi connectivity index (χ3v) is 11.8. The average molecular weight is 755 g/mol. The van der Waals surface area contributed by atoms with Crippen LogP contribution in [0.25, 0.3) is 127 Å². The van der Waals surface area contributed by atoms with Gasteiger partial charge in [0, 0.05) is 43.4 Å². The molecule has 0 radical (unpaired) electrons. The van der Waals surface area contributed by atoms with Gasteiger partial charge >= 0.3 is 0 Å². The van der Waals surface area contributed by atoms with Crippen LogP contribution in [0, 0.1) is 0 Å². The van der Waals surface area contributed by atoms with Gasteiger partial charge in [-0.2, -0.15) is 0 Å². The second-order valence-corrected chi connectivity index (χ2v) is 15.2. The number of para-hydroxylation sites is 4. The zero-order chi connectivity index (χ0) is 38.6. The van der Waals surface area contributed by atoms with E-state index in [4.69, 9.17) is 23.8 Å². The van der Waals surface area contributed by atoms with E-state index in [0.29, 0.717) is 17.5 Å². The maximum absolute atomic E-state index is 6.84. The predicted octanol–water partition coefficient (Wildman–Crippen LogP) is 14.1. The van der Waals surface area contributed by atoms with Gasteiger partial charge in [-0.25, -0.2) is 15.0 Å². The molecule has 0 atom stereocenters. The maximum atomic E-state index is 6.84. The number of nitrogens with zero attached hydrogens (tertiary/aromatic N) is 4. The molecule has 59 heavy (non-hydrogen) atoms. The summed E-state index contributed by atoms with van der Waals surface area (Å²) in [5.74, 6) is 1.74. The molecule has 0 aliphatic rings. The Kier molecular flexibility index (Phi) is 6.63. The Morgan fingerprint density at radius 3 is 1.95 bits per heavy atom. The van der Waals surface area contributed by atoms with Gasteiger partial charge in [-0.1, -0.05) is 133 Å². The third kappa shape index (κ3) is 4.77. The number of hydrogen-bond acceptors (Lipinski definition) is 5. The summed E-state index contributed by atoms with van der Waals surface area (Å²) in [4.78, 5) is 15.2. The molecule has 6 nitrogen and oxygen atoms in total. The molecule has 9 aromatic carbocycles. The predicted molar refractivity (Wildman–Crippen MR) is 240 cm³/mol. The first-order valence-corrected chi connectivity index (χ1v) is 19.8. The molecule has 274 valence electrons. The van der Waals surface area contributed by atoms with Crippen LogP contribution in [-0.2, 0) is 0 Å². The van der Waals surface area contributed by atoms with Crippen LogP contribution in [0.15, 0.2) is 191 Å². The summed E-state index contributed by atoms with van der Waals surface area (Å²) in [5.41, 5.74) is 9.20. The zero-order valence-electron chi connectivity index (χ0n) is 31.4.